The van der Waals surface area contributed by atoms with Crippen LogP contribution in [-0.4, -0.2) is 20.7 Å². The Hall–Kier alpha value is -3.33. The van der Waals surface area contributed by atoms with Crippen LogP contribution in [0.2, 0.25) is 0 Å². The van der Waals surface area contributed by atoms with E-state index in [-0.39, 0.29) is 12.0 Å². The van der Waals surface area contributed by atoms with Crippen LogP contribution in [0.1, 0.15) is 29.1 Å². The molecule has 0 saturated heterocycles. The predicted molar refractivity (Wildman–Crippen MR) is 112 cm³/mol. The zero-order valence-corrected chi connectivity index (χ0v) is 17.1. The molecule has 3 heterocycles. The van der Waals surface area contributed by atoms with E-state index in [0.29, 0.717) is 35.3 Å². The molecule has 1 aromatic carbocycles. The minimum Gasteiger partial charge on any atom is -0.467 e. The number of benzene rings is 1. The van der Waals surface area contributed by atoms with Gasteiger partial charge in [0.25, 0.3) is 0 Å². The molecule has 0 atom stereocenters. The molecule has 0 unspecified atom stereocenters. The summed E-state index contributed by atoms with van der Waals surface area (Å²) in [5, 5.41) is 10.1. The third-order valence-corrected chi connectivity index (χ3v) is 5.64. The quantitative estimate of drug-likeness (QED) is 0.341. The third-order valence-electron chi connectivity index (χ3n) is 4.62. The summed E-state index contributed by atoms with van der Waals surface area (Å²) in [7, 11) is 0. The number of thioether (sulfide) groups is 1. The molecule has 154 valence electrons. The van der Waals surface area contributed by atoms with Gasteiger partial charge in [-0.15, -0.1) is 10.2 Å². The second kappa shape index (κ2) is 8.58. The zero-order chi connectivity index (χ0) is 21.1. The van der Waals surface area contributed by atoms with Gasteiger partial charge in [0.2, 0.25) is 5.91 Å². The van der Waals surface area contributed by atoms with Crippen molar-refractivity contribution in [2.24, 2.45) is 5.73 Å². The minimum atomic E-state index is -0.394. The SMILES string of the molecule is Cc1ccc2c(CSc3nnc(CCC(N)=O)n3Cc3ccco3)cc(=O)oc2c1. The van der Waals surface area contributed by atoms with Gasteiger partial charge in [0.05, 0.1) is 12.8 Å². The summed E-state index contributed by atoms with van der Waals surface area (Å²) in [4.78, 5) is 23.2. The van der Waals surface area contributed by atoms with Gasteiger partial charge < -0.3 is 14.6 Å². The zero-order valence-electron chi connectivity index (χ0n) is 16.3. The van der Waals surface area contributed by atoms with Gasteiger partial charge in [-0.3, -0.25) is 9.36 Å². The van der Waals surface area contributed by atoms with Crippen molar-refractivity contribution in [3.63, 3.8) is 0 Å². The van der Waals surface area contributed by atoms with Crippen molar-refractivity contribution in [3.8, 4) is 0 Å². The molecular weight excluding hydrogens is 404 g/mol. The fourth-order valence-corrected chi connectivity index (χ4v) is 4.11. The Kier molecular flexibility index (Phi) is 5.71. The number of aryl methyl sites for hydroxylation is 2. The molecular formula is C21H20N4O4S. The molecule has 4 rings (SSSR count). The maximum absolute atomic E-state index is 12.0. The number of carbonyl (C=O) groups is 1. The van der Waals surface area contributed by atoms with Crippen molar-refractivity contribution >= 4 is 28.6 Å². The third kappa shape index (κ3) is 4.46. The van der Waals surface area contributed by atoms with Gasteiger partial charge >= 0.3 is 5.63 Å². The van der Waals surface area contributed by atoms with E-state index in [1.54, 1.807) is 6.26 Å². The maximum atomic E-state index is 12.0. The first kappa shape index (κ1) is 20.0. The first-order valence-corrected chi connectivity index (χ1v) is 10.4. The number of fused-ring (bicyclic) bond motifs is 1. The van der Waals surface area contributed by atoms with Crippen LogP contribution in [0.15, 0.2) is 61.4 Å². The highest BCUT2D eigenvalue weighted by Gasteiger charge is 2.16. The van der Waals surface area contributed by atoms with E-state index >= 15 is 0 Å². The van der Waals surface area contributed by atoms with Crippen LogP contribution < -0.4 is 11.4 Å². The van der Waals surface area contributed by atoms with Crippen LogP contribution in [-0.2, 0) is 23.5 Å². The normalized spacial score (nSPS) is 11.2. The summed E-state index contributed by atoms with van der Waals surface area (Å²) in [5.74, 6) is 1.52. The lowest BCUT2D eigenvalue weighted by Gasteiger charge is -2.09. The molecule has 0 spiro atoms. The van der Waals surface area contributed by atoms with E-state index in [9.17, 15) is 9.59 Å². The average Bonchev–Trinajstić information content (AvgIpc) is 3.34. The van der Waals surface area contributed by atoms with E-state index in [1.807, 2.05) is 41.8 Å². The lowest BCUT2D eigenvalue weighted by Crippen LogP contribution is -2.14. The molecule has 0 radical (unpaired) electrons. The molecule has 3 aromatic heterocycles. The van der Waals surface area contributed by atoms with Crippen molar-refractivity contribution in [2.45, 2.75) is 37.2 Å². The molecule has 2 N–H and O–H groups in total. The number of furan rings is 1. The monoisotopic (exact) mass is 424 g/mol. The highest BCUT2D eigenvalue weighted by Crippen LogP contribution is 2.27. The van der Waals surface area contributed by atoms with Crippen molar-refractivity contribution in [3.05, 3.63) is 75.8 Å². The number of carbonyl (C=O) groups excluding carboxylic acids is 1. The Labute approximate surface area is 176 Å². The number of hydrogen-bond acceptors (Lipinski definition) is 7. The molecule has 0 fully saturated rings. The topological polar surface area (TPSA) is 117 Å². The molecule has 1 amide bonds. The molecule has 8 nitrogen and oxygen atoms in total. The molecule has 0 saturated carbocycles. The van der Waals surface area contributed by atoms with Crippen LogP contribution in [0.25, 0.3) is 11.0 Å². The fraction of sp³-hybridized carbons (Fsp3) is 0.238. The number of rotatable bonds is 8. The second-order valence-corrected chi connectivity index (χ2v) is 7.85. The number of hydrogen-bond donors (Lipinski definition) is 1. The molecule has 9 heteroatoms. The van der Waals surface area contributed by atoms with E-state index in [0.717, 1.165) is 22.3 Å². The highest BCUT2D eigenvalue weighted by molar-refractivity contribution is 7.98. The second-order valence-electron chi connectivity index (χ2n) is 6.91. The first-order valence-electron chi connectivity index (χ1n) is 9.38. The minimum absolute atomic E-state index is 0.185. The van der Waals surface area contributed by atoms with Gasteiger partial charge in [0.1, 0.15) is 17.2 Å². The molecule has 30 heavy (non-hydrogen) atoms. The summed E-state index contributed by atoms with van der Waals surface area (Å²) in [6.45, 7) is 2.39. The Morgan fingerprint density at radius 2 is 2.10 bits per heavy atom. The van der Waals surface area contributed by atoms with Gasteiger partial charge in [-0.2, -0.15) is 0 Å². The van der Waals surface area contributed by atoms with Crippen molar-refractivity contribution in [1.82, 2.24) is 14.8 Å². The summed E-state index contributed by atoms with van der Waals surface area (Å²) in [6.07, 6.45) is 2.18. The molecule has 0 aliphatic heterocycles. The van der Waals surface area contributed by atoms with Crippen molar-refractivity contribution < 1.29 is 13.6 Å². The molecule has 0 aliphatic rings. The van der Waals surface area contributed by atoms with Gasteiger partial charge in [0, 0.05) is 30.0 Å². The largest absolute Gasteiger partial charge is 0.467 e. The lowest BCUT2D eigenvalue weighted by atomic mass is 10.1. The molecule has 0 aliphatic carbocycles. The van der Waals surface area contributed by atoms with Crippen LogP contribution >= 0.6 is 11.8 Å². The smallest absolute Gasteiger partial charge is 0.336 e. The predicted octanol–water partition coefficient (Wildman–Crippen LogP) is 3.04. The van der Waals surface area contributed by atoms with Crippen LogP contribution in [0, 0.1) is 6.92 Å². The fourth-order valence-electron chi connectivity index (χ4n) is 3.16. The van der Waals surface area contributed by atoms with E-state index < -0.39 is 5.91 Å². The van der Waals surface area contributed by atoms with Gasteiger partial charge in [-0.25, -0.2) is 4.79 Å². The Morgan fingerprint density at radius 1 is 1.23 bits per heavy atom. The highest BCUT2D eigenvalue weighted by atomic mass is 32.2. The number of aromatic nitrogens is 3. The molecule has 0 bridgehead atoms. The van der Waals surface area contributed by atoms with Gasteiger partial charge in [-0.05, 0) is 36.2 Å². The van der Waals surface area contributed by atoms with E-state index in [1.165, 1.54) is 17.8 Å². The van der Waals surface area contributed by atoms with Crippen LogP contribution in [0.5, 0.6) is 0 Å². The number of nitrogens with two attached hydrogens (primary N) is 1. The van der Waals surface area contributed by atoms with Crippen molar-refractivity contribution in [1.29, 1.82) is 0 Å². The Morgan fingerprint density at radius 3 is 2.87 bits per heavy atom. The molecule has 4 aromatic rings. The maximum Gasteiger partial charge on any atom is 0.336 e. The summed E-state index contributed by atoms with van der Waals surface area (Å²) >= 11 is 1.46. The lowest BCUT2D eigenvalue weighted by molar-refractivity contribution is -0.118. The standard InChI is InChI=1S/C21H20N4O4S/c1-13-4-5-16-14(10-20(27)29-17(16)9-13)12-30-21-24-23-19(7-6-18(22)26)25(21)11-15-3-2-8-28-15/h2-5,8-10H,6-7,11-12H2,1H3,(H2,22,26). The van der Waals surface area contributed by atoms with Gasteiger partial charge in [-0.1, -0.05) is 23.9 Å². The van der Waals surface area contributed by atoms with Crippen LogP contribution in [0.3, 0.4) is 0 Å². The Balaban J connectivity index is 1.62. The number of primary amides is 1. The Bertz CT molecular complexity index is 1240. The summed E-state index contributed by atoms with van der Waals surface area (Å²) in [5.41, 5.74) is 7.35. The number of nitrogens with zero attached hydrogens (tertiary/aromatic N) is 3. The van der Waals surface area contributed by atoms with Crippen LogP contribution in [0.4, 0.5) is 0 Å². The first-order chi connectivity index (χ1) is 14.5. The van der Waals surface area contributed by atoms with Gasteiger partial charge in [0.15, 0.2) is 5.16 Å². The van der Waals surface area contributed by atoms with Crippen molar-refractivity contribution in [2.75, 3.05) is 0 Å². The number of amides is 1. The average molecular weight is 424 g/mol. The van der Waals surface area contributed by atoms with E-state index in [2.05, 4.69) is 10.2 Å². The summed E-state index contributed by atoms with van der Waals surface area (Å²) in [6, 6.07) is 11.0. The summed E-state index contributed by atoms with van der Waals surface area (Å²) < 4.78 is 12.7. The van der Waals surface area contributed by atoms with E-state index in [4.69, 9.17) is 14.6 Å².